The molecule has 11 heteroatoms. The van der Waals surface area contributed by atoms with E-state index in [1.807, 2.05) is 0 Å². The molecule has 1 aromatic heterocycles. The third-order valence-electron chi connectivity index (χ3n) is 3.90. The first-order chi connectivity index (χ1) is 12.8. The smallest absolute Gasteiger partial charge is 0.417 e. The van der Waals surface area contributed by atoms with Gasteiger partial charge in [0.15, 0.2) is 0 Å². The van der Waals surface area contributed by atoms with E-state index in [2.05, 4.69) is 4.98 Å². The number of amides is 1. The fourth-order valence-corrected chi connectivity index (χ4v) is 2.66. The summed E-state index contributed by atoms with van der Waals surface area (Å²) >= 11 is 0. The first-order valence-corrected chi connectivity index (χ1v) is 8.28. The highest BCUT2D eigenvalue weighted by molar-refractivity contribution is 5.81. The zero-order valence-electron chi connectivity index (χ0n) is 15.4. The third kappa shape index (κ3) is 4.82. The van der Waals surface area contributed by atoms with Crippen LogP contribution >= 0.6 is 0 Å². The highest BCUT2D eigenvalue weighted by Crippen LogP contribution is 2.32. The Labute approximate surface area is 159 Å². The average Bonchev–Trinajstić information content (AvgIpc) is 2.58. The Morgan fingerprint density at radius 1 is 1.32 bits per heavy atom. The van der Waals surface area contributed by atoms with E-state index in [1.54, 1.807) is 26.8 Å². The fourth-order valence-electron chi connectivity index (χ4n) is 2.66. The number of nitrogens with zero attached hydrogens (tertiary/aromatic N) is 4. The van der Waals surface area contributed by atoms with Crippen LogP contribution in [0.15, 0.2) is 12.3 Å². The van der Waals surface area contributed by atoms with E-state index in [0.29, 0.717) is 12.3 Å². The Morgan fingerprint density at radius 3 is 2.46 bits per heavy atom. The van der Waals surface area contributed by atoms with Gasteiger partial charge in [0.1, 0.15) is 23.5 Å². The summed E-state index contributed by atoms with van der Waals surface area (Å²) in [5, 5.41) is 18.8. The Balaban J connectivity index is 2.31. The van der Waals surface area contributed by atoms with Crippen molar-refractivity contribution >= 4 is 17.9 Å². The molecule has 0 saturated carbocycles. The van der Waals surface area contributed by atoms with E-state index >= 15 is 0 Å². The molecule has 0 radical (unpaired) electrons. The maximum atomic E-state index is 12.8. The second-order valence-corrected chi connectivity index (χ2v) is 7.18. The van der Waals surface area contributed by atoms with Crippen LogP contribution in [0.1, 0.15) is 31.9 Å². The maximum Gasteiger partial charge on any atom is 0.417 e. The first kappa shape index (κ1) is 21.3. The quantitative estimate of drug-likeness (QED) is 0.813. The molecule has 2 heterocycles. The van der Waals surface area contributed by atoms with Gasteiger partial charge < -0.3 is 19.6 Å². The molecule has 1 saturated heterocycles. The van der Waals surface area contributed by atoms with Gasteiger partial charge in [-0.2, -0.15) is 18.4 Å². The fraction of sp³-hybridized carbons (Fsp3) is 0.529. The van der Waals surface area contributed by atoms with Crippen LogP contribution in [0.25, 0.3) is 0 Å². The number of carboxylic acid groups (broad SMARTS) is 1. The number of hydrogen-bond donors (Lipinski definition) is 1. The lowest BCUT2D eigenvalue weighted by Gasteiger charge is -2.40. The number of hydrogen-bond acceptors (Lipinski definition) is 6. The number of alkyl halides is 3. The summed E-state index contributed by atoms with van der Waals surface area (Å²) in [5.41, 5.74) is -2.27. The minimum absolute atomic E-state index is 0.0384. The summed E-state index contributed by atoms with van der Waals surface area (Å²) in [4.78, 5) is 30.0. The molecule has 1 aliphatic heterocycles. The number of carbonyl (C=O) groups excluding carboxylic acids is 1. The summed E-state index contributed by atoms with van der Waals surface area (Å²) in [7, 11) is 0. The number of ether oxygens (including phenoxy) is 1. The number of aliphatic carboxylic acids is 1. The predicted molar refractivity (Wildman–Crippen MR) is 90.5 cm³/mol. The van der Waals surface area contributed by atoms with Crippen LogP contribution in [0.5, 0.6) is 0 Å². The van der Waals surface area contributed by atoms with Crippen molar-refractivity contribution in [2.45, 2.75) is 38.6 Å². The molecule has 0 aliphatic carbocycles. The number of halogens is 3. The van der Waals surface area contributed by atoms with Crippen molar-refractivity contribution in [1.29, 1.82) is 5.26 Å². The van der Waals surface area contributed by atoms with Gasteiger partial charge in [0.2, 0.25) is 0 Å². The van der Waals surface area contributed by atoms with E-state index in [-0.39, 0.29) is 25.5 Å². The molecular weight excluding hydrogens is 381 g/mol. The van der Waals surface area contributed by atoms with Crippen molar-refractivity contribution in [2.75, 3.05) is 24.5 Å². The molecule has 1 fully saturated rings. The molecule has 1 unspecified atom stereocenters. The van der Waals surface area contributed by atoms with E-state index in [9.17, 15) is 33.1 Å². The normalized spacial score (nSPS) is 17.8. The first-order valence-electron chi connectivity index (χ1n) is 8.28. The second kappa shape index (κ2) is 7.53. The SMILES string of the molecule is CC(C)(C)OC(=O)N1CCN(c2ncc(C(F)(F)F)cc2C#N)C(C(=O)O)C1. The van der Waals surface area contributed by atoms with Crippen LogP contribution < -0.4 is 4.90 Å². The predicted octanol–water partition coefficient (Wildman–Crippen LogP) is 2.48. The standard InChI is InChI=1S/C17H19F3N4O4/c1-16(2,3)28-15(27)23-4-5-24(12(9-23)14(25)26)13-10(7-21)6-11(8-22-13)17(18,19)20/h6,8,12H,4-5,9H2,1-3H3,(H,25,26). The monoisotopic (exact) mass is 400 g/mol. The van der Waals surface area contributed by atoms with Crippen LogP contribution in [0, 0.1) is 11.3 Å². The van der Waals surface area contributed by atoms with Crippen LogP contribution in [0.2, 0.25) is 0 Å². The zero-order valence-corrected chi connectivity index (χ0v) is 15.4. The molecule has 8 nitrogen and oxygen atoms in total. The number of carboxylic acids is 1. The third-order valence-corrected chi connectivity index (χ3v) is 3.90. The van der Waals surface area contributed by atoms with Gasteiger partial charge in [0.25, 0.3) is 0 Å². The molecule has 1 N–H and O–H groups in total. The number of aromatic nitrogens is 1. The van der Waals surface area contributed by atoms with Crippen LogP contribution in [0.4, 0.5) is 23.8 Å². The van der Waals surface area contributed by atoms with Crippen molar-refractivity contribution in [3.63, 3.8) is 0 Å². The molecule has 1 aromatic rings. The van der Waals surface area contributed by atoms with Crippen molar-refractivity contribution in [3.05, 3.63) is 23.4 Å². The molecule has 0 spiro atoms. The van der Waals surface area contributed by atoms with Gasteiger partial charge in [-0.1, -0.05) is 0 Å². The Morgan fingerprint density at radius 2 is 1.96 bits per heavy atom. The molecule has 1 atom stereocenters. The van der Waals surface area contributed by atoms with Crippen LogP contribution in [-0.4, -0.2) is 58.3 Å². The largest absolute Gasteiger partial charge is 0.480 e. The van der Waals surface area contributed by atoms with Gasteiger partial charge in [-0.3, -0.25) is 0 Å². The molecule has 152 valence electrons. The summed E-state index contributed by atoms with van der Waals surface area (Å²) in [6.07, 6.45) is -4.83. The maximum absolute atomic E-state index is 12.8. The summed E-state index contributed by atoms with van der Waals surface area (Å²) in [6.45, 7) is 4.76. The molecule has 1 amide bonds. The van der Waals surface area contributed by atoms with Crippen LogP contribution in [-0.2, 0) is 15.7 Å². The van der Waals surface area contributed by atoms with E-state index < -0.39 is 41.0 Å². The molecule has 0 aromatic carbocycles. The second-order valence-electron chi connectivity index (χ2n) is 7.18. The van der Waals surface area contributed by atoms with Crippen molar-refractivity contribution in [2.24, 2.45) is 0 Å². The van der Waals surface area contributed by atoms with Crippen molar-refractivity contribution < 1.29 is 32.6 Å². The van der Waals surface area contributed by atoms with Crippen LogP contribution in [0.3, 0.4) is 0 Å². The number of piperazine rings is 1. The number of carbonyl (C=O) groups is 2. The summed E-state index contributed by atoms with van der Waals surface area (Å²) in [6, 6.07) is 0.960. The van der Waals surface area contributed by atoms with Gasteiger partial charge in [0, 0.05) is 19.3 Å². The van der Waals surface area contributed by atoms with E-state index in [0.717, 1.165) is 0 Å². The minimum Gasteiger partial charge on any atom is -0.480 e. The lowest BCUT2D eigenvalue weighted by molar-refractivity contribution is -0.140. The molecule has 2 rings (SSSR count). The molecule has 28 heavy (non-hydrogen) atoms. The van der Waals surface area contributed by atoms with Gasteiger partial charge in [-0.15, -0.1) is 0 Å². The highest BCUT2D eigenvalue weighted by Gasteiger charge is 2.38. The van der Waals surface area contributed by atoms with Gasteiger partial charge in [-0.05, 0) is 26.8 Å². The van der Waals surface area contributed by atoms with Crippen molar-refractivity contribution in [3.8, 4) is 6.07 Å². The van der Waals surface area contributed by atoms with Gasteiger partial charge in [0.05, 0.1) is 17.7 Å². The Bertz CT molecular complexity index is 814. The van der Waals surface area contributed by atoms with E-state index in [4.69, 9.17) is 4.74 Å². The topological polar surface area (TPSA) is 107 Å². The number of pyridine rings is 1. The lowest BCUT2D eigenvalue weighted by atomic mass is 10.1. The van der Waals surface area contributed by atoms with Gasteiger partial charge >= 0.3 is 18.2 Å². The summed E-state index contributed by atoms with van der Waals surface area (Å²) < 4.78 is 43.8. The minimum atomic E-state index is -4.68. The molecule has 0 bridgehead atoms. The Hall–Kier alpha value is -3.03. The van der Waals surface area contributed by atoms with Crippen molar-refractivity contribution in [1.82, 2.24) is 9.88 Å². The Kier molecular flexibility index (Phi) is 5.72. The number of nitriles is 1. The summed E-state index contributed by atoms with van der Waals surface area (Å²) in [5.74, 6) is -1.48. The molecule has 1 aliphatic rings. The zero-order chi connectivity index (χ0) is 21.3. The van der Waals surface area contributed by atoms with E-state index in [1.165, 1.54) is 9.80 Å². The highest BCUT2D eigenvalue weighted by atomic mass is 19.4. The average molecular weight is 400 g/mol. The number of rotatable bonds is 2. The van der Waals surface area contributed by atoms with Gasteiger partial charge in [-0.25, -0.2) is 14.6 Å². The molecular formula is C17H19F3N4O4. The number of anilines is 1. The lowest BCUT2D eigenvalue weighted by Crippen LogP contribution is -2.59.